The number of nitrogens with one attached hydrogen (secondary N) is 1. The fraction of sp³-hybridized carbons (Fsp3) is 0.0455. The summed E-state index contributed by atoms with van der Waals surface area (Å²) >= 11 is 0. The smallest absolute Gasteiger partial charge is 0.262 e. The van der Waals surface area contributed by atoms with Crippen LogP contribution < -0.4 is 10.1 Å². The van der Waals surface area contributed by atoms with Crippen LogP contribution in [0.3, 0.4) is 0 Å². The maximum absolute atomic E-state index is 12.1. The molecule has 0 atom stereocenters. The minimum absolute atomic E-state index is 0.0227. The molecule has 0 aliphatic rings. The average Bonchev–Trinajstić information content (AvgIpc) is 2.66. The van der Waals surface area contributed by atoms with E-state index in [2.05, 4.69) is 5.32 Å². The molecule has 0 bridgehead atoms. The topological polar surface area (TPSA) is 38.3 Å². The summed E-state index contributed by atoms with van der Waals surface area (Å²) in [5.74, 6) is 0.510. The third-order valence-electron chi connectivity index (χ3n) is 4.12. The van der Waals surface area contributed by atoms with Crippen molar-refractivity contribution in [1.82, 2.24) is 0 Å². The van der Waals surface area contributed by atoms with Crippen molar-refractivity contribution in [1.29, 1.82) is 0 Å². The van der Waals surface area contributed by atoms with Crippen molar-refractivity contribution >= 4 is 33.1 Å². The summed E-state index contributed by atoms with van der Waals surface area (Å²) in [6, 6.07) is 27.8. The zero-order chi connectivity index (χ0) is 17.1. The number of carbonyl (C=O) groups is 1. The van der Waals surface area contributed by atoms with E-state index >= 15 is 0 Å². The van der Waals surface area contributed by atoms with Crippen LogP contribution >= 0.6 is 0 Å². The van der Waals surface area contributed by atoms with Crippen LogP contribution in [0.5, 0.6) is 5.75 Å². The molecule has 0 radical (unpaired) electrons. The number of fused-ring (bicyclic) bond motifs is 2. The fourth-order valence-electron chi connectivity index (χ4n) is 2.87. The van der Waals surface area contributed by atoms with Crippen molar-refractivity contribution in [2.45, 2.75) is 0 Å². The molecule has 0 saturated carbocycles. The van der Waals surface area contributed by atoms with Crippen molar-refractivity contribution in [2.75, 3.05) is 11.9 Å². The van der Waals surface area contributed by atoms with Gasteiger partial charge in [-0.3, -0.25) is 4.79 Å². The lowest BCUT2D eigenvalue weighted by molar-refractivity contribution is -0.118. The van der Waals surface area contributed by atoms with Gasteiger partial charge in [-0.25, -0.2) is 0 Å². The highest BCUT2D eigenvalue weighted by atomic mass is 16.5. The third kappa shape index (κ3) is 3.45. The lowest BCUT2D eigenvalue weighted by Gasteiger charge is -2.09. The summed E-state index contributed by atoms with van der Waals surface area (Å²) in [7, 11) is 0. The van der Waals surface area contributed by atoms with Gasteiger partial charge >= 0.3 is 0 Å². The number of hydrogen-bond donors (Lipinski definition) is 1. The Hall–Kier alpha value is -3.33. The lowest BCUT2D eigenvalue weighted by Crippen LogP contribution is -2.20. The van der Waals surface area contributed by atoms with Gasteiger partial charge in [0.15, 0.2) is 6.61 Å². The number of anilines is 1. The molecule has 0 fully saturated rings. The van der Waals surface area contributed by atoms with Crippen LogP contribution in [-0.2, 0) is 4.79 Å². The molecule has 4 aromatic carbocycles. The minimum atomic E-state index is -0.177. The number of hydrogen-bond acceptors (Lipinski definition) is 2. The number of rotatable bonds is 4. The largest absolute Gasteiger partial charge is 0.484 e. The fourth-order valence-corrected chi connectivity index (χ4v) is 2.87. The molecule has 25 heavy (non-hydrogen) atoms. The Morgan fingerprint density at radius 2 is 1.32 bits per heavy atom. The molecule has 4 rings (SSSR count). The van der Waals surface area contributed by atoms with Gasteiger partial charge in [-0.05, 0) is 45.8 Å². The second kappa shape index (κ2) is 6.65. The first-order chi connectivity index (χ1) is 12.3. The maximum atomic E-state index is 12.1. The first kappa shape index (κ1) is 15.2. The molecular formula is C22H17NO2. The molecular weight excluding hydrogens is 310 g/mol. The van der Waals surface area contributed by atoms with Crippen LogP contribution in [0, 0.1) is 0 Å². The van der Waals surface area contributed by atoms with E-state index in [9.17, 15) is 4.79 Å². The summed E-state index contributed by atoms with van der Waals surface area (Å²) < 4.78 is 5.62. The lowest BCUT2D eigenvalue weighted by atomic mass is 10.1. The SMILES string of the molecule is O=C(COc1ccc2ccccc2c1)Nc1ccc2ccccc2c1. The maximum Gasteiger partial charge on any atom is 0.262 e. The highest BCUT2D eigenvalue weighted by molar-refractivity contribution is 5.95. The highest BCUT2D eigenvalue weighted by Crippen LogP contribution is 2.21. The molecule has 0 unspecified atom stereocenters. The van der Waals surface area contributed by atoms with Gasteiger partial charge in [0.25, 0.3) is 5.91 Å². The molecule has 0 aliphatic carbocycles. The summed E-state index contributed by atoms with van der Waals surface area (Å²) in [5, 5.41) is 7.36. The first-order valence-electron chi connectivity index (χ1n) is 8.18. The van der Waals surface area contributed by atoms with Gasteiger partial charge in [-0.15, -0.1) is 0 Å². The summed E-state index contributed by atoms with van der Waals surface area (Å²) in [6.07, 6.45) is 0. The van der Waals surface area contributed by atoms with Crippen LogP contribution in [0.2, 0.25) is 0 Å². The number of carbonyl (C=O) groups excluding carboxylic acids is 1. The Labute approximate surface area is 145 Å². The predicted molar refractivity (Wildman–Crippen MR) is 102 cm³/mol. The zero-order valence-corrected chi connectivity index (χ0v) is 13.6. The standard InChI is InChI=1S/C22H17NO2/c24-22(23-20-11-9-16-5-1-3-7-18(16)13-20)15-25-21-12-10-17-6-2-4-8-19(17)14-21/h1-14H,15H2,(H,23,24). The van der Waals surface area contributed by atoms with Crippen LogP contribution in [0.1, 0.15) is 0 Å². The van der Waals surface area contributed by atoms with Crippen molar-refractivity contribution in [3.05, 3.63) is 84.9 Å². The average molecular weight is 327 g/mol. The van der Waals surface area contributed by atoms with E-state index in [0.29, 0.717) is 5.75 Å². The molecule has 0 saturated heterocycles. The van der Waals surface area contributed by atoms with Crippen molar-refractivity contribution in [3.8, 4) is 5.75 Å². The van der Waals surface area contributed by atoms with E-state index in [1.165, 1.54) is 0 Å². The van der Waals surface area contributed by atoms with Gasteiger partial charge in [-0.1, -0.05) is 60.7 Å². The molecule has 0 heterocycles. The monoisotopic (exact) mass is 327 g/mol. The van der Waals surface area contributed by atoms with Crippen molar-refractivity contribution in [2.24, 2.45) is 0 Å². The van der Waals surface area contributed by atoms with Gasteiger partial charge in [0.1, 0.15) is 5.75 Å². The number of benzene rings is 4. The van der Waals surface area contributed by atoms with Crippen LogP contribution in [0.15, 0.2) is 84.9 Å². The van der Waals surface area contributed by atoms with E-state index in [1.807, 2.05) is 84.9 Å². The molecule has 1 amide bonds. The summed E-state index contributed by atoms with van der Waals surface area (Å²) in [6.45, 7) is -0.0227. The molecule has 0 spiro atoms. The van der Waals surface area contributed by atoms with Crippen molar-refractivity contribution in [3.63, 3.8) is 0 Å². The Kier molecular flexibility index (Phi) is 4.05. The normalized spacial score (nSPS) is 10.7. The molecule has 3 nitrogen and oxygen atoms in total. The molecule has 122 valence electrons. The van der Waals surface area contributed by atoms with Crippen LogP contribution in [-0.4, -0.2) is 12.5 Å². The molecule has 0 aliphatic heterocycles. The number of amides is 1. The Balaban J connectivity index is 1.42. The second-order valence-electron chi connectivity index (χ2n) is 5.91. The Morgan fingerprint density at radius 3 is 2.04 bits per heavy atom. The molecule has 1 N–H and O–H groups in total. The molecule has 0 aromatic heterocycles. The second-order valence-corrected chi connectivity index (χ2v) is 5.91. The van der Waals surface area contributed by atoms with Crippen LogP contribution in [0.25, 0.3) is 21.5 Å². The molecule has 4 aromatic rings. The first-order valence-corrected chi connectivity index (χ1v) is 8.18. The van der Waals surface area contributed by atoms with Crippen molar-refractivity contribution < 1.29 is 9.53 Å². The number of ether oxygens (including phenoxy) is 1. The van der Waals surface area contributed by atoms with Gasteiger partial charge in [0.05, 0.1) is 0 Å². The Bertz CT molecular complexity index is 1060. The van der Waals surface area contributed by atoms with Gasteiger partial charge < -0.3 is 10.1 Å². The molecule has 3 heteroatoms. The summed E-state index contributed by atoms with van der Waals surface area (Å²) in [4.78, 5) is 12.1. The van der Waals surface area contributed by atoms with E-state index in [1.54, 1.807) is 0 Å². The van der Waals surface area contributed by atoms with E-state index in [0.717, 1.165) is 27.2 Å². The van der Waals surface area contributed by atoms with Gasteiger partial charge in [0, 0.05) is 5.69 Å². The van der Waals surface area contributed by atoms with E-state index in [4.69, 9.17) is 4.74 Å². The summed E-state index contributed by atoms with van der Waals surface area (Å²) in [5.41, 5.74) is 0.769. The zero-order valence-electron chi connectivity index (χ0n) is 13.6. The quantitative estimate of drug-likeness (QED) is 0.572. The van der Waals surface area contributed by atoms with E-state index < -0.39 is 0 Å². The highest BCUT2D eigenvalue weighted by Gasteiger charge is 2.05. The predicted octanol–water partition coefficient (Wildman–Crippen LogP) is 5.01. The minimum Gasteiger partial charge on any atom is -0.484 e. The third-order valence-corrected chi connectivity index (χ3v) is 4.12. The van der Waals surface area contributed by atoms with Crippen LogP contribution in [0.4, 0.5) is 5.69 Å². The van der Waals surface area contributed by atoms with Gasteiger partial charge in [0.2, 0.25) is 0 Å². The van der Waals surface area contributed by atoms with E-state index in [-0.39, 0.29) is 12.5 Å². The Morgan fingerprint density at radius 1 is 0.720 bits per heavy atom. The van der Waals surface area contributed by atoms with Gasteiger partial charge in [-0.2, -0.15) is 0 Å².